The first-order valence-electron chi connectivity index (χ1n) is 9.61. The topological polar surface area (TPSA) is 49.9 Å². The van der Waals surface area contributed by atoms with Crippen LogP contribution in [0.1, 0.15) is 38.7 Å². The lowest BCUT2D eigenvalue weighted by Crippen LogP contribution is -2.46. The van der Waals surface area contributed by atoms with Crippen molar-refractivity contribution < 1.29 is 14.3 Å². The number of rotatable bonds is 8. The van der Waals surface area contributed by atoms with Gasteiger partial charge in [0, 0.05) is 26.2 Å². The van der Waals surface area contributed by atoms with Crippen molar-refractivity contribution in [3.8, 4) is 0 Å². The van der Waals surface area contributed by atoms with Crippen LogP contribution in [-0.4, -0.2) is 55.0 Å². The Morgan fingerprint density at radius 3 is 2.65 bits per heavy atom. The van der Waals surface area contributed by atoms with Crippen LogP contribution in [0.3, 0.4) is 0 Å². The number of likely N-dealkylation sites (tertiary alicyclic amines) is 1. The molecule has 0 bridgehead atoms. The van der Waals surface area contributed by atoms with Crippen molar-refractivity contribution in [1.29, 1.82) is 0 Å². The van der Waals surface area contributed by atoms with Gasteiger partial charge in [-0.05, 0) is 30.9 Å². The van der Waals surface area contributed by atoms with E-state index in [0.717, 1.165) is 32.5 Å². The maximum atomic E-state index is 13.1. The predicted octanol–water partition coefficient (Wildman–Crippen LogP) is 2.95. The van der Waals surface area contributed by atoms with Gasteiger partial charge in [0.1, 0.15) is 0 Å². The Morgan fingerprint density at radius 1 is 1.27 bits per heavy atom. The van der Waals surface area contributed by atoms with Crippen LogP contribution < -0.4 is 0 Å². The minimum Gasteiger partial charge on any atom is -0.469 e. The quantitative estimate of drug-likeness (QED) is 0.669. The van der Waals surface area contributed by atoms with E-state index in [0.29, 0.717) is 19.0 Å². The Balaban J connectivity index is 1.96. The Morgan fingerprint density at radius 2 is 2.00 bits per heavy atom. The second kappa shape index (κ2) is 10.3. The molecule has 1 saturated heterocycles. The number of piperidine rings is 1. The van der Waals surface area contributed by atoms with E-state index in [2.05, 4.69) is 43.0 Å². The first-order chi connectivity index (χ1) is 12.5. The highest BCUT2D eigenvalue weighted by Crippen LogP contribution is 2.21. The molecule has 1 unspecified atom stereocenters. The molecule has 1 heterocycles. The molecule has 1 atom stereocenters. The molecule has 1 fully saturated rings. The summed E-state index contributed by atoms with van der Waals surface area (Å²) in [6, 6.07) is 10.4. The maximum absolute atomic E-state index is 13.1. The third-order valence-electron chi connectivity index (χ3n) is 4.81. The molecule has 1 aliphatic heterocycles. The second-order valence-electron chi connectivity index (χ2n) is 7.56. The van der Waals surface area contributed by atoms with Crippen molar-refractivity contribution in [3.05, 3.63) is 35.9 Å². The molecule has 1 aromatic rings. The third kappa shape index (κ3) is 6.45. The number of methoxy groups -OCH3 is 1. The van der Waals surface area contributed by atoms with Crippen LogP contribution in [0, 0.1) is 11.8 Å². The number of hydrogen-bond donors (Lipinski definition) is 0. The van der Waals surface area contributed by atoms with Gasteiger partial charge < -0.3 is 9.64 Å². The first kappa shape index (κ1) is 20.4. The van der Waals surface area contributed by atoms with Gasteiger partial charge in [0.05, 0.1) is 19.4 Å². The zero-order chi connectivity index (χ0) is 18.9. The minimum atomic E-state index is -0.263. The summed E-state index contributed by atoms with van der Waals surface area (Å²) in [6.45, 7) is 8.04. The zero-order valence-electron chi connectivity index (χ0n) is 16.3. The third-order valence-corrected chi connectivity index (χ3v) is 4.81. The smallest absolute Gasteiger partial charge is 0.307 e. The summed E-state index contributed by atoms with van der Waals surface area (Å²) in [5, 5.41) is 0. The van der Waals surface area contributed by atoms with E-state index in [1.807, 2.05) is 11.0 Å². The van der Waals surface area contributed by atoms with E-state index in [1.54, 1.807) is 0 Å². The fourth-order valence-corrected chi connectivity index (χ4v) is 3.56. The summed E-state index contributed by atoms with van der Waals surface area (Å²) in [4.78, 5) is 28.8. The van der Waals surface area contributed by atoms with Crippen molar-refractivity contribution in [3.63, 3.8) is 0 Å². The van der Waals surface area contributed by atoms with Gasteiger partial charge >= 0.3 is 5.97 Å². The zero-order valence-corrected chi connectivity index (χ0v) is 16.3. The molecule has 0 radical (unpaired) electrons. The van der Waals surface area contributed by atoms with Crippen LogP contribution in [0.25, 0.3) is 0 Å². The molecule has 2 rings (SSSR count). The van der Waals surface area contributed by atoms with Gasteiger partial charge in [-0.3, -0.25) is 14.5 Å². The Kier molecular flexibility index (Phi) is 8.10. The lowest BCUT2D eigenvalue weighted by Gasteiger charge is -2.35. The van der Waals surface area contributed by atoms with Crippen molar-refractivity contribution in [1.82, 2.24) is 9.80 Å². The highest BCUT2D eigenvalue weighted by atomic mass is 16.5. The fraction of sp³-hybridized carbons (Fsp3) is 0.619. The van der Waals surface area contributed by atoms with Crippen LogP contribution in [0.2, 0.25) is 0 Å². The van der Waals surface area contributed by atoms with Crippen LogP contribution in [0.15, 0.2) is 30.3 Å². The van der Waals surface area contributed by atoms with Crippen LogP contribution in [0.4, 0.5) is 0 Å². The molecule has 1 aliphatic rings. The molecule has 0 N–H and O–H groups in total. The van der Waals surface area contributed by atoms with Crippen molar-refractivity contribution >= 4 is 11.9 Å². The highest BCUT2D eigenvalue weighted by Gasteiger charge is 2.29. The monoisotopic (exact) mass is 360 g/mol. The average molecular weight is 360 g/mol. The molecule has 0 spiro atoms. The van der Waals surface area contributed by atoms with E-state index < -0.39 is 0 Å². The van der Waals surface area contributed by atoms with Gasteiger partial charge in [-0.1, -0.05) is 44.2 Å². The van der Waals surface area contributed by atoms with Crippen LogP contribution in [-0.2, 0) is 20.9 Å². The summed E-state index contributed by atoms with van der Waals surface area (Å²) in [6.07, 6.45) is 2.22. The first-order valence-corrected chi connectivity index (χ1v) is 9.61. The standard InChI is InChI=1S/C21H32N2O3/c1-17(2)14-23(13-11-20(24)26-3)21(25)19-10-7-12-22(16-19)15-18-8-5-4-6-9-18/h4-6,8-9,17,19H,7,10-16H2,1-3H3. The van der Waals surface area contributed by atoms with Crippen molar-refractivity contribution in [2.45, 2.75) is 39.7 Å². The number of carbonyl (C=O) groups is 2. The van der Waals surface area contributed by atoms with E-state index in [1.165, 1.54) is 12.7 Å². The largest absolute Gasteiger partial charge is 0.469 e. The number of nitrogens with zero attached hydrogens (tertiary/aromatic N) is 2. The van der Waals surface area contributed by atoms with Crippen LogP contribution in [0.5, 0.6) is 0 Å². The summed E-state index contributed by atoms with van der Waals surface area (Å²) < 4.78 is 4.73. The molecule has 26 heavy (non-hydrogen) atoms. The molecule has 1 aromatic carbocycles. The number of benzene rings is 1. The van der Waals surface area contributed by atoms with Crippen LogP contribution >= 0.6 is 0 Å². The van der Waals surface area contributed by atoms with E-state index in [4.69, 9.17) is 4.74 Å². The summed E-state index contributed by atoms with van der Waals surface area (Å²) >= 11 is 0. The predicted molar refractivity (Wildman–Crippen MR) is 102 cm³/mol. The number of ether oxygens (including phenoxy) is 1. The molecule has 0 saturated carbocycles. The Bertz CT molecular complexity index is 574. The van der Waals surface area contributed by atoms with Gasteiger partial charge in [0.2, 0.25) is 5.91 Å². The molecular formula is C21H32N2O3. The number of carbonyl (C=O) groups excluding carboxylic acids is 2. The minimum absolute atomic E-state index is 0.0175. The SMILES string of the molecule is COC(=O)CCN(CC(C)C)C(=O)C1CCCN(Cc2ccccc2)C1. The molecule has 0 aliphatic carbocycles. The lowest BCUT2D eigenvalue weighted by atomic mass is 9.95. The summed E-state index contributed by atoms with van der Waals surface area (Å²) in [5.41, 5.74) is 1.28. The van der Waals surface area contributed by atoms with Gasteiger partial charge in [0.25, 0.3) is 0 Å². The van der Waals surface area contributed by atoms with Gasteiger partial charge in [-0.25, -0.2) is 0 Å². The maximum Gasteiger partial charge on any atom is 0.307 e. The van der Waals surface area contributed by atoms with Gasteiger partial charge in [-0.15, -0.1) is 0 Å². The van der Waals surface area contributed by atoms with Crippen molar-refractivity contribution in [2.24, 2.45) is 11.8 Å². The molecule has 144 valence electrons. The molecule has 5 heteroatoms. The van der Waals surface area contributed by atoms with E-state index in [9.17, 15) is 9.59 Å². The normalized spacial score (nSPS) is 17.9. The van der Waals surface area contributed by atoms with E-state index >= 15 is 0 Å². The average Bonchev–Trinajstić information content (AvgIpc) is 2.65. The van der Waals surface area contributed by atoms with E-state index in [-0.39, 0.29) is 24.2 Å². The molecule has 1 amide bonds. The molecular weight excluding hydrogens is 328 g/mol. The second-order valence-corrected chi connectivity index (χ2v) is 7.56. The number of amides is 1. The fourth-order valence-electron chi connectivity index (χ4n) is 3.56. The Hall–Kier alpha value is -1.88. The lowest BCUT2D eigenvalue weighted by molar-refractivity contribution is -0.143. The number of hydrogen-bond acceptors (Lipinski definition) is 4. The molecule has 5 nitrogen and oxygen atoms in total. The Labute approximate surface area is 157 Å². The number of esters is 1. The van der Waals surface area contributed by atoms with Gasteiger partial charge in [0.15, 0.2) is 0 Å². The summed E-state index contributed by atoms with van der Waals surface area (Å²) in [5.74, 6) is 0.311. The van der Waals surface area contributed by atoms with Crippen molar-refractivity contribution in [2.75, 3.05) is 33.3 Å². The summed E-state index contributed by atoms with van der Waals surface area (Å²) in [7, 11) is 1.39. The molecule has 0 aromatic heterocycles. The highest BCUT2D eigenvalue weighted by molar-refractivity contribution is 5.80. The van der Waals surface area contributed by atoms with Gasteiger partial charge in [-0.2, -0.15) is 0 Å².